The first-order valence-electron chi connectivity index (χ1n) is 12.5. The molecule has 0 bridgehead atoms. The van der Waals surface area contributed by atoms with Crippen LogP contribution < -0.4 is 9.47 Å². The fourth-order valence-electron chi connectivity index (χ4n) is 4.40. The Balaban J connectivity index is 1.58. The quantitative estimate of drug-likeness (QED) is 0.168. The van der Waals surface area contributed by atoms with Crippen molar-refractivity contribution < 1.29 is 88.5 Å². The Morgan fingerprint density at radius 2 is 0.571 bits per heavy atom. The Morgan fingerprint density at radius 1 is 0.347 bits per heavy atom. The Kier molecular flexibility index (Phi) is 9.52. The van der Waals surface area contributed by atoms with Gasteiger partial charge in [0.15, 0.2) is 0 Å². The molecule has 0 aliphatic heterocycles. The highest BCUT2D eigenvalue weighted by molar-refractivity contribution is 5.38. The summed E-state index contributed by atoms with van der Waals surface area (Å²) >= 11 is 0. The van der Waals surface area contributed by atoms with Crippen LogP contribution in [0, 0.1) is 46.5 Å². The summed E-state index contributed by atoms with van der Waals surface area (Å²) in [7, 11) is 0. The Bertz CT molecular complexity index is 1680. The number of hydrogen-bond donors (Lipinski definition) is 0. The third kappa shape index (κ3) is 7.77. The van der Waals surface area contributed by atoms with E-state index in [1.165, 1.54) is 0 Å². The first-order chi connectivity index (χ1) is 22.3. The number of alkyl halides is 10. The third-order valence-corrected chi connectivity index (χ3v) is 6.28. The minimum Gasteiger partial charge on any atom is -0.429 e. The lowest BCUT2D eigenvalue weighted by Gasteiger charge is -2.21. The van der Waals surface area contributed by atoms with Crippen LogP contribution >= 0.6 is 0 Å². The number of hydrogen-bond acceptors (Lipinski definition) is 2. The molecule has 0 saturated heterocycles. The largest absolute Gasteiger partial charge is 0.432 e. The van der Waals surface area contributed by atoms with Crippen LogP contribution in [0.1, 0.15) is 33.4 Å². The molecule has 4 aromatic carbocycles. The predicted molar refractivity (Wildman–Crippen MR) is 127 cm³/mol. The maximum Gasteiger partial charge on any atom is 0.432 e. The maximum absolute atomic E-state index is 14.6. The molecular weight excluding hydrogens is 722 g/mol. The topological polar surface area (TPSA) is 18.5 Å². The van der Waals surface area contributed by atoms with Gasteiger partial charge in [0.25, 0.3) is 0 Å². The second-order valence-electron chi connectivity index (χ2n) is 9.80. The zero-order chi connectivity index (χ0) is 37.0. The molecule has 0 heterocycles. The van der Waals surface area contributed by atoms with E-state index in [9.17, 15) is 79.0 Å². The first-order valence-corrected chi connectivity index (χ1v) is 12.5. The fraction of sp³-hybridized carbons (Fsp3) is 0.172. The summed E-state index contributed by atoms with van der Waals surface area (Å²) in [6, 6.07) is -0.872. The molecular formula is C29H10F18O2. The molecule has 0 unspecified atom stereocenters. The Morgan fingerprint density at radius 3 is 0.796 bits per heavy atom. The van der Waals surface area contributed by atoms with E-state index in [-0.39, 0.29) is 48.5 Å². The molecule has 20 heteroatoms. The van der Waals surface area contributed by atoms with Crippen molar-refractivity contribution in [2.24, 2.45) is 0 Å². The van der Waals surface area contributed by atoms with Crippen LogP contribution in [0.2, 0.25) is 0 Å². The molecule has 0 aromatic heterocycles. The van der Waals surface area contributed by atoms with Crippen LogP contribution in [0.4, 0.5) is 79.0 Å². The molecule has 0 fully saturated rings. The molecule has 0 aliphatic rings. The summed E-state index contributed by atoms with van der Waals surface area (Å²) in [5.74, 6) is -21.6. The summed E-state index contributed by atoms with van der Waals surface area (Å²) < 4.78 is 256. The standard InChI is InChI=1S/C29H10F18O2/c30-14-2-10(3-15(31)24(14)28(44,45)48-12-6-18(34)22(19(35)7-12)26(38,39)40)1-11-4-16(32)25(17(33)5-11)29(46,47)49-13-8-20(36)23(21(37)9-13)27(41,42)43/h2-9H,1H2. The van der Waals surface area contributed by atoms with Gasteiger partial charge >= 0.3 is 24.6 Å². The number of ether oxygens (including phenoxy) is 2. The van der Waals surface area contributed by atoms with Crippen molar-refractivity contribution in [2.45, 2.75) is 31.0 Å². The molecule has 0 atom stereocenters. The van der Waals surface area contributed by atoms with Gasteiger partial charge in [-0.15, -0.1) is 0 Å². The monoisotopic (exact) mass is 732 g/mol. The highest BCUT2D eigenvalue weighted by Crippen LogP contribution is 2.41. The van der Waals surface area contributed by atoms with E-state index in [1.807, 2.05) is 0 Å². The van der Waals surface area contributed by atoms with Crippen LogP contribution in [0.5, 0.6) is 11.5 Å². The van der Waals surface area contributed by atoms with Crippen molar-refractivity contribution in [1.82, 2.24) is 0 Å². The van der Waals surface area contributed by atoms with Crippen molar-refractivity contribution in [3.8, 4) is 11.5 Å². The predicted octanol–water partition coefficient (Wildman–Crippen LogP) is 10.7. The molecule has 0 N–H and O–H groups in total. The minimum atomic E-state index is -5.60. The van der Waals surface area contributed by atoms with Crippen LogP contribution in [0.25, 0.3) is 0 Å². The lowest BCUT2D eigenvalue weighted by molar-refractivity contribution is -0.190. The van der Waals surface area contributed by atoms with Gasteiger partial charge in [-0.2, -0.15) is 43.9 Å². The highest BCUT2D eigenvalue weighted by Gasteiger charge is 2.45. The normalized spacial score (nSPS) is 12.8. The molecule has 0 saturated carbocycles. The zero-order valence-electron chi connectivity index (χ0n) is 22.9. The van der Waals surface area contributed by atoms with Crippen molar-refractivity contribution in [1.29, 1.82) is 0 Å². The zero-order valence-corrected chi connectivity index (χ0v) is 22.9. The van der Waals surface area contributed by atoms with E-state index in [4.69, 9.17) is 0 Å². The average Bonchev–Trinajstić information content (AvgIpc) is 2.84. The molecule has 0 radical (unpaired) electrons. The lowest BCUT2D eigenvalue weighted by atomic mass is 10.00. The lowest BCUT2D eigenvalue weighted by Crippen LogP contribution is -2.26. The van der Waals surface area contributed by atoms with E-state index in [0.29, 0.717) is 0 Å². The number of benzene rings is 4. The average molecular weight is 732 g/mol. The summed E-state index contributed by atoms with van der Waals surface area (Å²) in [5, 5.41) is 0. The van der Waals surface area contributed by atoms with E-state index in [2.05, 4.69) is 9.47 Å². The van der Waals surface area contributed by atoms with E-state index >= 15 is 0 Å². The number of halogens is 18. The van der Waals surface area contributed by atoms with Crippen LogP contribution in [-0.4, -0.2) is 0 Å². The van der Waals surface area contributed by atoms with Crippen LogP contribution in [0.3, 0.4) is 0 Å². The minimum absolute atomic E-state index is 0.124. The molecule has 49 heavy (non-hydrogen) atoms. The van der Waals surface area contributed by atoms with Gasteiger partial charge in [0.2, 0.25) is 0 Å². The van der Waals surface area contributed by atoms with Crippen molar-refractivity contribution >= 4 is 0 Å². The smallest absolute Gasteiger partial charge is 0.429 e. The van der Waals surface area contributed by atoms with Crippen molar-refractivity contribution in [3.63, 3.8) is 0 Å². The van der Waals surface area contributed by atoms with Crippen LogP contribution in [-0.2, 0) is 31.0 Å². The molecule has 264 valence electrons. The second-order valence-corrected chi connectivity index (χ2v) is 9.80. The van der Waals surface area contributed by atoms with Gasteiger partial charge in [-0.05, 0) is 41.8 Å². The summed E-state index contributed by atoms with van der Waals surface area (Å²) in [5.41, 5.74) is -10.8. The molecule has 0 spiro atoms. The molecule has 4 aromatic rings. The third-order valence-electron chi connectivity index (χ3n) is 6.28. The SMILES string of the molecule is Fc1cc(OC(F)(F)c2c(F)cc(Cc3cc(F)c(C(F)(F)Oc4cc(F)c(C(F)(F)F)c(F)c4)c(F)c3)cc2F)cc(F)c1C(F)(F)F. The van der Waals surface area contributed by atoms with Crippen molar-refractivity contribution in [3.05, 3.63) is 128 Å². The molecule has 0 aliphatic carbocycles. The van der Waals surface area contributed by atoms with E-state index in [1.54, 1.807) is 0 Å². The van der Waals surface area contributed by atoms with Gasteiger partial charge in [-0.1, -0.05) is 0 Å². The second kappa shape index (κ2) is 12.6. The molecule has 2 nitrogen and oxygen atoms in total. The molecule has 0 amide bonds. The van der Waals surface area contributed by atoms with Gasteiger partial charge in [-0.25, -0.2) is 35.1 Å². The van der Waals surface area contributed by atoms with E-state index in [0.717, 1.165) is 0 Å². The van der Waals surface area contributed by atoms with Gasteiger partial charge in [-0.3, -0.25) is 0 Å². The number of rotatable bonds is 8. The van der Waals surface area contributed by atoms with Gasteiger partial charge < -0.3 is 9.47 Å². The Hall–Kier alpha value is -4.78. The van der Waals surface area contributed by atoms with Gasteiger partial charge in [0, 0.05) is 24.3 Å². The van der Waals surface area contributed by atoms with Gasteiger partial charge in [0.1, 0.15) is 80.3 Å². The van der Waals surface area contributed by atoms with Gasteiger partial charge in [0.05, 0.1) is 0 Å². The van der Waals surface area contributed by atoms with E-state index < -0.39 is 122 Å². The summed E-state index contributed by atoms with van der Waals surface area (Å²) in [6.45, 7) is 0. The van der Waals surface area contributed by atoms with Crippen LogP contribution in [0.15, 0.2) is 48.5 Å². The highest BCUT2D eigenvalue weighted by atomic mass is 19.4. The Labute approximate surface area is 260 Å². The molecule has 4 rings (SSSR count). The van der Waals surface area contributed by atoms with Crippen molar-refractivity contribution in [2.75, 3.05) is 0 Å². The summed E-state index contributed by atoms with van der Waals surface area (Å²) in [6.07, 6.45) is -22.5. The fourth-order valence-corrected chi connectivity index (χ4v) is 4.40. The first kappa shape index (κ1) is 37.0. The summed E-state index contributed by atoms with van der Waals surface area (Å²) in [4.78, 5) is 0. The maximum atomic E-state index is 14.6.